The third-order valence-corrected chi connectivity index (χ3v) is 2.80. The predicted molar refractivity (Wildman–Crippen MR) is 55.6 cm³/mol. The quantitative estimate of drug-likeness (QED) is 0.763. The van der Waals surface area contributed by atoms with Crippen LogP contribution >= 0.6 is 0 Å². The number of carbonyl (C=O) groups is 1. The lowest BCUT2D eigenvalue weighted by Gasteiger charge is -2.07. The maximum Gasteiger partial charge on any atom is 0.231 e. The molecule has 1 fully saturated rings. The molecule has 5 heteroatoms. The molecule has 1 aliphatic heterocycles. The average Bonchev–Trinajstić information content (AvgIpc) is 2.83. The zero-order valence-electron chi connectivity index (χ0n) is 8.96. The molecule has 1 saturated heterocycles. The summed E-state index contributed by atoms with van der Waals surface area (Å²) >= 11 is 0. The van der Waals surface area contributed by atoms with Crippen LogP contribution in [-0.4, -0.2) is 29.3 Å². The van der Waals surface area contributed by atoms with Crippen LogP contribution in [0.4, 0.5) is 5.82 Å². The molecule has 15 heavy (non-hydrogen) atoms. The van der Waals surface area contributed by atoms with E-state index in [1.165, 1.54) is 0 Å². The zero-order chi connectivity index (χ0) is 10.8. The van der Waals surface area contributed by atoms with Crippen molar-refractivity contribution in [1.29, 1.82) is 0 Å². The molecule has 1 aromatic rings. The second-order valence-electron chi connectivity index (χ2n) is 3.87. The Morgan fingerprint density at radius 1 is 1.60 bits per heavy atom. The molecule has 1 atom stereocenters. The van der Waals surface area contributed by atoms with Gasteiger partial charge in [0.2, 0.25) is 5.91 Å². The number of anilines is 1. The van der Waals surface area contributed by atoms with Crippen LogP contribution in [0.25, 0.3) is 0 Å². The van der Waals surface area contributed by atoms with E-state index in [-0.39, 0.29) is 11.8 Å². The molecule has 0 aliphatic carbocycles. The Labute approximate surface area is 88.2 Å². The van der Waals surface area contributed by atoms with Gasteiger partial charge < -0.3 is 10.1 Å². The van der Waals surface area contributed by atoms with E-state index in [1.54, 1.807) is 0 Å². The number of rotatable bonds is 2. The van der Waals surface area contributed by atoms with Gasteiger partial charge in [-0.25, -0.2) is 0 Å². The summed E-state index contributed by atoms with van der Waals surface area (Å²) in [5.74, 6) is 0.605. The van der Waals surface area contributed by atoms with E-state index in [2.05, 4.69) is 15.5 Å². The summed E-state index contributed by atoms with van der Waals surface area (Å²) in [6, 6.07) is 0. The number of H-pyrrole nitrogens is 1. The number of hydrogen-bond donors (Lipinski definition) is 2. The first-order valence-corrected chi connectivity index (χ1v) is 5.08. The number of nitrogens with one attached hydrogen (secondary N) is 2. The minimum atomic E-state index is -0.0265. The molecule has 2 heterocycles. The number of aryl methyl sites for hydroxylation is 1. The summed E-state index contributed by atoms with van der Waals surface area (Å²) in [4.78, 5) is 11.7. The molecule has 0 bridgehead atoms. The first-order chi connectivity index (χ1) is 7.18. The molecule has 0 aromatic carbocycles. The first-order valence-electron chi connectivity index (χ1n) is 5.08. The standard InChI is InChI=1S/C10H15N3O2/c1-6-7(2)12-13-9(6)11-10(14)8-3-4-15-5-8/h8H,3-5H2,1-2H3,(H2,11,12,13,14). The van der Waals surface area contributed by atoms with E-state index < -0.39 is 0 Å². The third-order valence-electron chi connectivity index (χ3n) is 2.80. The molecule has 0 spiro atoms. The van der Waals surface area contributed by atoms with E-state index >= 15 is 0 Å². The van der Waals surface area contributed by atoms with Crippen LogP contribution in [-0.2, 0) is 9.53 Å². The fourth-order valence-electron chi connectivity index (χ4n) is 1.57. The number of aromatic amines is 1. The van der Waals surface area contributed by atoms with E-state index in [1.807, 2.05) is 13.8 Å². The van der Waals surface area contributed by atoms with Crippen molar-refractivity contribution in [3.63, 3.8) is 0 Å². The van der Waals surface area contributed by atoms with Crippen molar-refractivity contribution in [3.05, 3.63) is 11.3 Å². The monoisotopic (exact) mass is 209 g/mol. The highest BCUT2D eigenvalue weighted by Crippen LogP contribution is 2.18. The summed E-state index contributed by atoms with van der Waals surface area (Å²) in [6.45, 7) is 5.06. The lowest BCUT2D eigenvalue weighted by atomic mass is 10.1. The van der Waals surface area contributed by atoms with Crippen molar-refractivity contribution in [3.8, 4) is 0 Å². The summed E-state index contributed by atoms with van der Waals surface area (Å²) in [7, 11) is 0. The lowest BCUT2D eigenvalue weighted by Crippen LogP contribution is -2.23. The van der Waals surface area contributed by atoms with E-state index in [9.17, 15) is 4.79 Å². The number of hydrogen-bond acceptors (Lipinski definition) is 3. The molecular formula is C10H15N3O2. The number of nitrogens with zero attached hydrogens (tertiary/aromatic N) is 1. The molecule has 0 saturated carbocycles. The maximum absolute atomic E-state index is 11.7. The lowest BCUT2D eigenvalue weighted by molar-refractivity contribution is -0.119. The van der Waals surface area contributed by atoms with Crippen molar-refractivity contribution in [2.24, 2.45) is 5.92 Å². The van der Waals surface area contributed by atoms with Gasteiger partial charge in [0.25, 0.3) is 0 Å². The molecular weight excluding hydrogens is 194 g/mol. The predicted octanol–water partition coefficient (Wildman–Crippen LogP) is 1.00. The van der Waals surface area contributed by atoms with Crippen molar-refractivity contribution in [2.75, 3.05) is 18.5 Å². The summed E-state index contributed by atoms with van der Waals surface area (Å²) in [6.07, 6.45) is 0.800. The molecule has 1 unspecified atom stereocenters. The SMILES string of the molecule is Cc1[nH]nc(NC(=O)C2CCOC2)c1C. The van der Waals surface area contributed by atoms with Gasteiger partial charge in [-0.1, -0.05) is 0 Å². The maximum atomic E-state index is 11.7. The highest BCUT2D eigenvalue weighted by atomic mass is 16.5. The van der Waals surface area contributed by atoms with Crippen LogP contribution in [0.3, 0.4) is 0 Å². The summed E-state index contributed by atoms with van der Waals surface area (Å²) in [5, 5.41) is 9.68. The number of aromatic nitrogens is 2. The van der Waals surface area contributed by atoms with Gasteiger partial charge in [0.1, 0.15) is 0 Å². The Morgan fingerprint density at radius 2 is 2.40 bits per heavy atom. The van der Waals surface area contributed by atoms with Gasteiger partial charge >= 0.3 is 0 Å². The normalized spacial score (nSPS) is 20.5. The van der Waals surface area contributed by atoms with Gasteiger partial charge in [-0.15, -0.1) is 0 Å². The average molecular weight is 209 g/mol. The molecule has 2 rings (SSSR count). The molecule has 1 amide bonds. The van der Waals surface area contributed by atoms with Crippen molar-refractivity contribution in [1.82, 2.24) is 10.2 Å². The second kappa shape index (κ2) is 4.02. The molecule has 0 radical (unpaired) electrons. The number of ether oxygens (including phenoxy) is 1. The van der Waals surface area contributed by atoms with Crippen LogP contribution in [0.15, 0.2) is 0 Å². The minimum Gasteiger partial charge on any atom is -0.381 e. The number of carbonyl (C=O) groups excluding carboxylic acids is 1. The van der Waals surface area contributed by atoms with Crippen LogP contribution in [0.2, 0.25) is 0 Å². The van der Waals surface area contributed by atoms with Gasteiger partial charge in [-0.2, -0.15) is 5.10 Å². The van der Waals surface area contributed by atoms with Crippen LogP contribution < -0.4 is 5.32 Å². The van der Waals surface area contributed by atoms with E-state index in [0.717, 1.165) is 17.7 Å². The van der Waals surface area contributed by atoms with Crippen LogP contribution in [0.1, 0.15) is 17.7 Å². The van der Waals surface area contributed by atoms with Crippen LogP contribution in [0.5, 0.6) is 0 Å². The topological polar surface area (TPSA) is 67.0 Å². The summed E-state index contributed by atoms with van der Waals surface area (Å²) in [5.41, 5.74) is 1.97. The molecule has 1 aromatic heterocycles. The van der Waals surface area contributed by atoms with Crippen molar-refractivity contribution in [2.45, 2.75) is 20.3 Å². The Kier molecular flexibility index (Phi) is 2.73. The minimum absolute atomic E-state index is 0.00194. The highest BCUT2D eigenvalue weighted by Gasteiger charge is 2.24. The van der Waals surface area contributed by atoms with Gasteiger partial charge in [-0.3, -0.25) is 9.89 Å². The van der Waals surface area contributed by atoms with Gasteiger partial charge in [0.15, 0.2) is 5.82 Å². The first kappa shape index (κ1) is 10.2. The fraction of sp³-hybridized carbons (Fsp3) is 0.600. The second-order valence-corrected chi connectivity index (χ2v) is 3.87. The summed E-state index contributed by atoms with van der Waals surface area (Å²) < 4.78 is 5.16. The van der Waals surface area contributed by atoms with Crippen LogP contribution in [0, 0.1) is 19.8 Å². The smallest absolute Gasteiger partial charge is 0.231 e. The third kappa shape index (κ3) is 2.02. The fourth-order valence-corrected chi connectivity index (χ4v) is 1.57. The molecule has 82 valence electrons. The van der Waals surface area contributed by atoms with E-state index in [0.29, 0.717) is 19.0 Å². The Balaban J connectivity index is 2.02. The largest absolute Gasteiger partial charge is 0.381 e. The molecule has 5 nitrogen and oxygen atoms in total. The van der Waals surface area contributed by atoms with Gasteiger partial charge in [-0.05, 0) is 20.3 Å². The highest BCUT2D eigenvalue weighted by molar-refractivity contribution is 5.92. The Bertz CT molecular complexity index is 367. The Morgan fingerprint density at radius 3 is 2.93 bits per heavy atom. The molecule has 2 N–H and O–H groups in total. The van der Waals surface area contributed by atoms with Gasteiger partial charge in [0, 0.05) is 17.9 Å². The Hall–Kier alpha value is -1.36. The van der Waals surface area contributed by atoms with Crippen molar-refractivity contribution >= 4 is 11.7 Å². The zero-order valence-corrected chi connectivity index (χ0v) is 8.96. The van der Waals surface area contributed by atoms with E-state index in [4.69, 9.17) is 4.74 Å². The van der Waals surface area contributed by atoms with Gasteiger partial charge in [0.05, 0.1) is 12.5 Å². The molecule has 1 aliphatic rings. The number of amides is 1. The van der Waals surface area contributed by atoms with Crippen molar-refractivity contribution < 1.29 is 9.53 Å².